The fourth-order valence-electron chi connectivity index (χ4n) is 2.73. The Hall–Kier alpha value is -3.34. The SMILES string of the molecule is CNc1ccccc1C(=O)OC(C)C(=O)Nc1cccc2ccccc12. The predicted molar refractivity (Wildman–Crippen MR) is 103 cm³/mol. The molecule has 0 aliphatic rings. The highest BCUT2D eigenvalue weighted by atomic mass is 16.5. The molecule has 0 saturated heterocycles. The van der Waals surface area contributed by atoms with Gasteiger partial charge < -0.3 is 15.4 Å². The van der Waals surface area contributed by atoms with Gasteiger partial charge in [0.2, 0.25) is 0 Å². The lowest BCUT2D eigenvalue weighted by Gasteiger charge is -2.16. The first-order valence-electron chi connectivity index (χ1n) is 8.36. The minimum absolute atomic E-state index is 0.378. The summed E-state index contributed by atoms with van der Waals surface area (Å²) in [6, 6.07) is 20.4. The number of ether oxygens (including phenoxy) is 1. The third-order valence-corrected chi connectivity index (χ3v) is 4.12. The zero-order valence-electron chi connectivity index (χ0n) is 14.7. The molecule has 3 aromatic carbocycles. The van der Waals surface area contributed by atoms with E-state index in [1.165, 1.54) is 0 Å². The molecule has 0 fully saturated rings. The third kappa shape index (κ3) is 3.67. The van der Waals surface area contributed by atoms with Crippen LogP contribution in [0.2, 0.25) is 0 Å². The predicted octanol–water partition coefficient (Wildman–Crippen LogP) is 4.07. The maximum Gasteiger partial charge on any atom is 0.341 e. The molecule has 2 N–H and O–H groups in total. The second kappa shape index (κ2) is 7.70. The Kier molecular flexibility index (Phi) is 5.17. The molecule has 1 unspecified atom stereocenters. The van der Waals surface area contributed by atoms with E-state index < -0.39 is 12.1 Å². The van der Waals surface area contributed by atoms with Crippen LogP contribution in [-0.4, -0.2) is 25.0 Å². The van der Waals surface area contributed by atoms with Crippen LogP contribution in [0.15, 0.2) is 66.7 Å². The molecule has 5 heteroatoms. The molecular weight excluding hydrogens is 328 g/mol. The number of carbonyl (C=O) groups is 2. The van der Waals surface area contributed by atoms with Crippen molar-refractivity contribution in [3.63, 3.8) is 0 Å². The minimum Gasteiger partial charge on any atom is -0.449 e. The highest BCUT2D eigenvalue weighted by Gasteiger charge is 2.21. The minimum atomic E-state index is -0.925. The van der Waals surface area contributed by atoms with Crippen LogP contribution in [-0.2, 0) is 9.53 Å². The van der Waals surface area contributed by atoms with Crippen LogP contribution in [0.3, 0.4) is 0 Å². The van der Waals surface area contributed by atoms with Gasteiger partial charge in [-0.05, 0) is 30.5 Å². The van der Waals surface area contributed by atoms with Gasteiger partial charge in [-0.3, -0.25) is 4.79 Å². The number of rotatable bonds is 5. The lowest BCUT2D eigenvalue weighted by atomic mass is 10.1. The summed E-state index contributed by atoms with van der Waals surface area (Å²) in [7, 11) is 1.72. The van der Waals surface area contributed by atoms with Crippen LogP contribution >= 0.6 is 0 Å². The van der Waals surface area contributed by atoms with E-state index in [-0.39, 0.29) is 5.91 Å². The van der Waals surface area contributed by atoms with Crippen molar-refractivity contribution >= 4 is 34.0 Å². The fourth-order valence-corrected chi connectivity index (χ4v) is 2.73. The van der Waals surface area contributed by atoms with Crippen LogP contribution in [0.1, 0.15) is 17.3 Å². The van der Waals surface area contributed by atoms with E-state index in [9.17, 15) is 9.59 Å². The van der Waals surface area contributed by atoms with Gasteiger partial charge >= 0.3 is 5.97 Å². The quantitative estimate of drug-likeness (QED) is 0.682. The summed E-state index contributed by atoms with van der Waals surface area (Å²) in [5, 5.41) is 7.73. The van der Waals surface area contributed by atoms with Crippen LogP contribution in [0.4, 0.5) is 11.4 Å². The summed E-state index contributed by atoms with van der Waals surface area (Å²) < 4.78 is 5.33. The van der Waals surface area contributed by atoms with Crippen molar-refractivity contribution in [1.29, 1.82) is 0 Å². The maximum atomic E-state index is 12.5. The van der Waals surface area contributed by atoms with Gasteiger partial charge in [0.05, 0.1) is 5.56 Å². The molecule has 5 nitrogen and oxygen atoms in total. The number of fused-ring (bicyclic) bond motifs is 1. The van der Waals surface area contributed by atoms with E-state index in [0.29, 0.717) is 16.9 Å². The van der Waals surface area contributed by atoms with Crippen molar-refractivity contribution in [2.24, 2.45) is 0 Å². The Balaban J connectivity index is 1.72. The van der Waals surface area contributed by atoms with Crippen LogP contribution < -0.4 is 10.6 Å². The highest BCUT2D eigenvalue weighted by molar-refractivity contribution is 6.04. The van der Waals surface area contributed by atoms with Crippen LogP contribution in [0, 0.1) is 0 Å². The molecule has 0 aromatic heterocycles. The molecule has 132 valence electrons. The summed E-state index contributed by atoms with van der Waals surface area (Å²) in [4.78, 5) is 24.8. The van der Waals surface area contributed by atoms with Gasteiger partial charge in [0.1, 0.15) is 0 Å². The Morgan fingerprint density at radius 2 is 1.54 bits per heavy atom. The molecule has 1 amide bonds. The van der Waals surface area contributed by atoms with E-state index in [1.807, 2.05) is 48.5 Å². The topological polar surface area (TPSA) is 67.4 Å². The van der Waals surface area contributed by atoms with Gasteiger partial charge in [-0.25, -0.2) is 4.79 Å². The molecule has 3 rings (SSSR count). The number of hydrogen-bond acceptors (Lipinski definition) is 4. The summed E-state index contributed by atoms with van der Waals surface area (Å²) in [5.41, 5.74) is 1.73. The lowest BCUT2D eigenvalue weighted by Crippen LogP contribution is -2.30. The zero-order valence-corrected chi connectivity index (χ0v) is 14.7. The van der Waals surface area contributed by atoms with Crippen molar-refractivity contribution in [3.8, 4) is 0 Å². The van der Waals surface area contributed by atoms with E-state index in [1.54, 1.807) is 32.2 Å². The first-order chi connectivity index (χ1) is 12.6. The number of carbonyl (C=O) groups excluding carboxylic acids is 2. The van der Waals surface area contributed by atoms with E-state index in [0.717, 1.165) is 10.8 Å². The molecular formula is C21H20N2O3. The molecule has 0 bridgehead atoms. The summed E-state index contributed by atoms with van der Waals surface area (Å²) in [5.74, 6) is -0.924. The Labute approximate surface area is 152 Å². The van der Waals surface area contributed by atoms with Gasteiger partial charge in [-0.1, -0.05) is 48.5 Å². The number of hydrogen-bond donors (Lipinski definition) is 2. The lowest BCUT2D eigenvalue weighted by molar-refractivity contribution is -0.123. The standard InChI is InChI=1S/C21H20N2O3/c1-14(26-21(25)17-11-5-6-12-18(17)22-2)20(24)23-19-13-7-9-15-8-3-4-10-16(15)19/h3-14,22H,1-2H3,(H,23,24). The molecule has 1 atom stereocenters. The number of esters is 1. The number of para-hydroxylation sites is 1. The molecule has 0 radical (unpaired) electrons. The van der Waals surface area contributed by atoms with Crippen LogP contribution in [0.25, 0.3) is 10.8 Å². The number of benzene rings is 3. The van der Waals surface area contributed by atoms with Crippen molar-refractivity contribution in [2.75, 3.05) is 17.7 Å². The van der Waals surface area contributed by atoms with Gasteiger partial charge in [0, 0.05) is 23.8 Å². The average Bonchev–Trinajstić information content (AvgIpc) is 2.68. The summed E-state index contributed by atoms with van der Waals surface area (Å²) >= 11 is 0. The number of anilines is 2. The van der Waals surface area contributed by atoms with Gasteiger partial charge in [0.15, 0.2) is 6.10 Å². The molecule has 0 aliphatic carbocycles. The van der Waals surface area contributed by atoms with Crippen molar-refractivity contribution in [1.82, 2.24) is 0 Å². The summed E-state index contributed by atoms with van der Waals surface area (Å²) in [6.45, 7) is 1.56. The van der Waals surface area contributed by atoms with E-state index >= 15 is 0 Å². The Bertz CT molecular complexity index is 947. The zero-order chi connectivity index (χ0) is 18.5. The fraction of sp³-hybridized carbons (Fsp3) is 0.143. The molecule has 26 heavy (non-hydrogen) atoms. The number of amides is 1. The molecule has 0 heterocycles. The second-order valence-corrected chi connectivity index (χ2v) is 5.86. The monoisotopic (exact) mass is 348 g/mol. The first-order valence-corrected chi connectivity index (χ1v) is 8.36. The second-order valence-electron chi connectivity index (χ2n) is 5.86. The van der Waals surface area contributed by atoms with E-state index in [2.05, 4.69) is 10.6 Å². The maximum absolute atomic E-state index is 12.5. The van der Waals surface area contributed by atoms with Gasteiger partial charge in [0.25, 0.3) is 5.91 Å². The normalized spacial score (nSPS) is 11.6. The Morgan fingerprint density at radius 1 is 0.885 bits per heavy atom. The molecule has 0 spiro atoms. The summed E-state index contributed by atoms with van der Waals surface area (Å²) in [6.07, 6.45) is -0.925. The van der Waals surface area contributed by atoms with E-state index in [4.69, 9.17) is 4.74 Å². The van der Waals surface area contributed by atoms with Crippen molar-refractivity contribution in [3.05, 3.63) is 72.3 Å². The number of nitrogens with one attached hydrogen (secondary N) is 2. The van der Waals surface area contributed by atoms with Gasteiger partial charge in [-0.2, -0.15) is 0 Å². The largest absolute Gasteiger partial charge is 0.449 e. The molecule has 0 aliphatic heterocycles. The smallest absolute Gasteiger partial charge is 0.341 e. The Morgan fingerprint density at radius 3 is 2.35 bits per heavy atom. The molecule has 0 saturated carbocycles. The van der Waals surface area contributed by atoms with Gasteiger partial charge in [-0.15, -0.1) is 0 Å². The van der Waals surface area contributed by atoms with Crippen LogP contribution in [0.5, 0.6) is 0 Å². The highest BCUT2D eigenvalue weighted by Crippen LogP contribution is 2.23. The van der Waals surface area contributed by atoms with Crippen molar-refractivity contribution in [2.45, 2.75) is 13.0 Å². The first kappa shape index (κ1) is 17.5. The third-order valence-electron chi connectivity index (χ3n) is 4.12. The molecule has 3 aromatic rings. The van der Waals surface area contributed by atoms with Crippen molar-refractivity contribution < 1.29 is 14.3 Å². The average molecular weight is 348 g/mol.